The number of aromatic nitrogens is 2. The Balaban J connectivity index is 1.59. The van der Waals surface area contributed by atoms with Crippen molar-refractivity contribution in [1.82, 2.24) is 20.0 Å². The minimum absolute atomic E-state index is 0.0365. The van der Waals surface area contributed by atoms with E-state index in [1.165, 1.54) is 25.9 Å². The van der Waals surface area contributed by atoms with Gasteiger partial charge >= 0.3 is 0 Å². The van der Waals surface area contributed by atoms with Gasteiger partial charge in [0.25, 0.3) is 5.91 Å². The average Bonchev–Trinajstić information content (AvgIpc) is 2.86. The van der Waals surface area contributed by atoms with Crippen molar-refractivity contribution in [3.05, 3.63) is 30.0 Å². The predicted molar refractivity (Wildman–Crippen MR) is 81.1 cm³/mol. The maximum Gasteiger partial charge on any atom is 0.272 e. The Hall–Kier alpha value is -1.88. The van der Waals surface area contributed by atoms with Crippen LogP contribution in [-0.4, -0.2) is 46.3 Å². The minimum Gasteiger partial charge on any atom is -0.346 e. The van der Waals surface area contributed by atoms with Crippen LogP contribution in [0.3, 0.4) is 0 Å². The molecule has 3 aliphatic rings. The first-order valence-electron chi connectivity index (χ1n) is 7.67. The van der Waals surface area contributed by atoms with Gasteiger partial charge in [-0.3, -0.25) is 9.48 Å². The number of nitrogens with one attached hydrogen (secondary N) is 1. The first-order chi connectivity index (χ1) is 10.2. The Labute approximate surface area is 123 Å². The van der Waals surface area contributed by atoms with Crippen LogP contribution in [0.4, 0.5) is 0 Å². The van der Waals surface area contributed by atoms with Gasteiger partial charge in [0.05, 0.1) is 5.52 Å². The van der Waals surface area contributed by atoms with E-state index in [9.17, 15) is 4.79 Å². The number of fused-ring (bicyclic) bond motifs is 4. The summed E-state index contributed by atoms with van der Waals surface area (Å²) in [5, 5.41) is 8.55. The summed E-state index contributed by atoms with van der Waals surface area (Å²) in [6, 6.07) is 8.16. The third-order valence-corrected chi connectivity index (χ3v) is 4.95. The fraction of sp³-hybridized carbons (Fsp3) is 0.500. The summed E-state index contributed by atoms with van der Waals surface area (Å²) in [5.41, 5.74) is 1.54. The molecule has 3 fully saturated rings. The molecule has 2 aromatic rings. The van der Waals surface area contributed by atoms with E-state index < -0.39 is 0 Å². The lowest BCUT2D eigenvalue weighted by Crippen LogP contribution is -2.57. The molecular weight excluding hydrogens is 264 g/mol. The zero-order valence-electron chi connectivity index (χ0n) is 12.2. The number of hydrogen-bond donors (Lipinski definition) is 1. The summed E-state index contributed by atoms with van der Waals surface area (Å²) in [6.45, 7) is 3.36. The Morgan fingerprint density at radius 2 is 2.05 bits per heavy atom. The number of carbonyl (C=O) groups excluding carboxylic acids is 1. The van der Waals surface area contributed by atoms with Crippen LogP contribution in [0.1, 0.15) is 23.3 Å². The van der Waals surface area contributed by atoms with E-state index in [-0.39, 0.29) is 11.9 Å². The van der Waals surface area contributed by atoms with Crippen LogP contribution in [0.2, 0.25) is 0 Å². The molecule has 5 rings (SSSR count). The van der Waals surface area contributed by atoms with Gasteiger partial charge in [-0.2, -0.15) is 5.10 Å². The molecule has 4 heterocycles. The van der Waals surface area contributed by atoms with Crippen molar-refractivity contribution < 1.29 is 4.79 Å². The van der Waals surface area contributed by atoms with Crippen molar-refractivity contribution in [3.63, 3.8) is 0 Å². The number of benzene rings is 1. The summed E-state index contributed by atoms with van der Waals surface area (Å²) in [5.74, 6) is 0.597. The van der Waals surface area contributed by atoms with Gasteiger partial charge in [0.1, 0.15) is 0 Å². The highest BCUT2D eigenvalue weighted by Gasteiger charge is 2.35. The standard InChI is InChI=1S/C16H20N4O/c1-19-14-5-3-2-4-12(14)15(18-19)16(21)17-13-10-20-8-6-11(13)7-9-20/h2-5,11,13H,6-10H2,1H3,(H,17,21). The molecule has 1 amide bonds. The molecule has 3 saturated heterocycles. The van der Waals surface area contributed by atoms with Crippen LogP contribution in [-0.2, 0) is 7.05 Å². The van der Waals surface area contributed by atoms with E-state index in [0.29, 0.717) is 11.6 Å². The lowest BCUT2D eigenvalue weighted by molar-refractivity contribution is 0.0618. The second-order valence-electron chi connectivity index (χ2n) is 6.21. The van der Waals surface area contributed by atoms with Crippen LogP contribution in [0.25, 0.3) is 10.9 Å². The monoisotopic (exact) mass is 284 g/mol. The lowest BCUT2D eigenvalue weighted by Gasteiger charge is -2.44. The second kappa shape index (κ2) is 4.84. The molecule has 1 aromatic carbocycles. The Morgan fingerprint density at radius 3 is 2.76 bits per heavy atom. The van der Waals surface area contributed by atoms with Crippen molar-refractivity contribution in [3.8, 4) is 0 Å². The summed E-state index contributed by atoms with van der Waals surface area (Å²) in [4.78, 5) is 15.1. The van der Waals surface area contributed by atoms with Crippen molar-refractivity contribution in [2.24, 2.45) is 13.0 Å². The molecule has 1 N–H and O–H groups in total. The zero-order chi connectivity index (χ0) is 14.4. The molecule has 3 aliphatic heterocycles. The number of aryl methyl sites for hydroxylation is 1. The number of amides is 1. The highest BCUT2D eigenvalue weighted by molar-refractivity contribution is 6.04. The van der Waals surface area contributed by atoms with Crippen LogP contribution in [0.5, 0.6) is 0 Å². The average molecular weight is 284 g/mol. The van der Waals surface area contributed by atoms with Gasteiger partial charge < -0.3 is 10.2 Å². The number of piperidine rings is 3. The summed E-state index contributed by atoms with van der Waals surface area (Å²) >= 11 is 0. The summed E-state index contributed by atoms with van der Waals surface area (Å²) in [7, 11) is 1.88. The third-order valence-electron chi connectivity index (χ3n) is 4.95. The van der Waals surface area contributed by atoms with Crippen LogP contribution < -0.4 is 5.32 Å². The van der Waals surface area contributed by atoms with Gasteiger partial charge in [0, 0.05) is 25.0 Å². The van der Waals surface area contributed by atoms with Gasteiger partial charge in [-0.05, 0) is 37.9 Å². The molecular formula is C16H20N4O. The molecule has 1 atom stereocenters. The largest absolute Gasteiger partial charge is 0.346 e. The highest BCUT2D eigenvalue weighted by Crippen LogP contribution is 2.28. The molecule has 0 spiro atoms. The van der Waals surface area contributed by atoms with E-state index >= 15 is 0 Å². The molecule has 0 radical (unpaired) electrons. The number of nitrogens with zero attached hydrogens (tertiary/aromatic N) is 3. The van der Waals surface area contributed by atoms with E-state index in [0.717, 1.165) is 17.4 Å². The lowest BCUT2D eigenvalue weighted by atomic mass is 9.84. The number of para-hydroxylation sites is 1. The fourth-order valence-electron chi connectivity index (χ4n) is 3.75. The first-order valence-corrected chi connectivity index (χ1v) is 7.67. The van der Waals surface area contributed by atoms with Crippen LogP contribution in [0.15, 0.2) is 24.3 Å². The smallest absolute Gasteiger partial charge is 0.272 e. The molecule has 2 bridgehead atoms. The molecule has 0 saturated carbocycles. The number of hydrogen-bond acceptors (Lipinski definition) is 3. The van der Waals surface area contributed by atoms with E-state index in [4.69, 9.17) is 0 Å². The summed E-state index contributed by atoms with van der Waals surface area (Å²) in [6.07, 6.45) is 2.40. The zero-order valence-corrected chi connectivity index (χ0v) is 12.2. The molecule has 21 heavy (non-hydrogen) atoms. The molecule has 1 aromatic heterocycles. The molecule has 5 nitrogen and oxygen atoms in total. The number of carbonyl (C=O) groups is 1. The fourth-order valence-corrected chi connectivity index (χ4v) is 3.75. The van der Waals surface area contributed by atoms with Crippen LogP contribution in [0, 0.1) is 5.92 Å². The van der Waals surface area contributed by atoms with E-state index in [1.807, 2.05) is 31.3 Å². The normalized spacial score (nSPS) is 28.0. The maximum absolute atomic E-state index is 12.6. The maximum atomic E-state index is 12.6. The molecule has 1 unspecified atom stereocenters. The first kappa shape index (κ1) is 12.8. The highest BCUT2D eigenvalue weighted by atomic mass is 16.2. The Bertz CT molecular complexity index is 685. The quantitative estimate of drug-likeness (QED) is 0.907. The predicted octanol–water partition coefficient (Wildman–Crippen LogP) is 1.40. The minimum atomic E-state index is -0.0365. The van der Waals surface area contributed by atoms with E-state index in [2.05, 4.69) is 15.3 Å². The van der Waals surface area contributed by atoms with Gasteiger partial charge in [-0.15, -0.1) is 0 Å². The topological polar surface area (TPSA) is 50.2 Å². The Morgan fingerprint density at radius 1 is 1.29 bits per heavy atom. The van der Waals surface area contributed by atoms with Gasteiger partial charge in [-0.1, -0.05) is 18.2 Å². The molecule has 5 heteroatoms. The van der Waals surface area contributed by atoms with Crippen molar-refractivity contribution in [1.29, 1.82) is 0 Å². The van der Waals surface area contributed by atoms with Crippen molar-refractivity contribution in [2.45, 2.75) is 18.9 Å². The molecule has 110 valence electrons. The second-order valence-corrected chi connectivity index (χ2v) is 6.21. The number of rotatable bonds is 2. The van der Waals surface area contributed by atoms with Gasteiger partial charge in [-0.25, -0.2) is 0 Å². The SMILES string of the molecule is Cn1nc(C(=O)NC2CN3CCC2CC3)c2ccccc21. The van der Waals surface area contributed by atoms with Crippen molar-refractivity contribution >= 4 is 16.8 Å². The van der Waals surface area contributed by atoms with E-state index in [1.54, 1.807) is 4.68 Å². The summed E-state index contributed by atoms with van der Waals surface area (Å²) < 4.78 is 1.78. The third kappa shape index (κ3) is 2.12. The molecule has 0 aliphatic carbocycles. The van der Waals surface area contributed by atoms with Gasteiger partial charge in [0.15, 0.2) is 5.69 Å². The Kier molecular flexibility index (Phi) is 2.96. The van der Waals surface area contributed by atoms with Crippen molar-refractivity contribution in [2.75, 3.05) is 19.6 Å². The van der Waals surface area contributed by atoms with Gasteiger partial charge in [0.2, 0.25) is 0 Å². The van der Waals surface area contributed by atoms with Crippen LogP contribution >= 0.6 is 0 Å².